The number of hydrogen-bond acceptors (Lipinski definition) is 3. The van der Waals surface area contributed by atoms with Crippen molar-refractivity contribution in [1.82, 2.24) is 10.2 Å². The summed E-state index contributed by atoms with van der Waals surface area (Å²) in [6, 6.07) is 0.678. The second kappa shape index (κ2) is 3.19. The molecule has 0 aromatic carbocycles. The highest BCUT2D eigenvalue weighted by Gasteiger charge is 2.59. The van der Waals surface area contributed by atoms with E-state index >= 15 is 0 Å². The van der Waals surface area contributed by atoms with E-state index in [1.54, 1.807) is 0 Å². The van der Waals surface area contributed by atoms with Gasteiger partial charge < -0.3 is 10.4 Å². The van der Waals surface area contributed by atoms with Crippen molar-refractivity contribution in [2.75, 3.05) is 26.2 Å². The Hall–Kier alpha value is -0.120. The number of aliphatic hydroxyl groups is 1. The summed E-state index contributed by atoms with van der Waals surface area (Å²) in [5.74, 6) is 0.883. The topological polar surface area (TPSA) is 35.5 Å². The van der Waals surface area contributed by atoms with Crippen molar-refractivity contribution in [3.05, 3.63) is 0 Å². The van der Waals surface area contributed by atoms with E-state index in [9.17, 15) is 0 Å². The minimum atomic E-state index is 0.277. The minimum Gasteiger partial charge on any atom is -0.395 e. The van der Waals surface area contributed by atoms with Crippen molar-refractivity contribution >= 4 is 0 Å². The fourth-order valence-electron chi connectivity index (χ4n) is 3.65. The fraction of sp³-hybridized carbons (Fsp3) is 1.00. The Morgan fingerprint density at radius 1 is 1.29 bits per heavy atom. The molecule has 0 amide bonds. The standard InChI is InChI=1S/C11H20N2O/c14-8-5-12-10-9-1-6-13(7-2-9)11(10)3-4-11/h9-10,12,14H,1-8H2. The molecule has 80 valence electrons. The van der Waals surface area contributed by atoms with Gasteiger partial charge in [-0.25, -0.2) is 0 Å². The van der Waals surface area contributed by atoms with Gasteiger partial charge in [-0.05, 0) is 44.7 Å². The molecule has 0 aromatic rings. The van der Waals surface area contributed by atoms with Crippen LogP contribution in [0.2, 0.25) is 0 Å². The predicted octanol–water partition coefficient (Wildman–Crippen LogP) is 0.195. The molecule has 1 aliphatic carbocycles. The van der Waals surface area contributed by atoms with Gasteiger partial charge in [0.1, 0.15) is 0 Å². The molecule has 1 atom stereocenters. The largest absolute Gasteiger partial charge is 0.395 e. The fourth-order valence-corrected chi connectivity index (χ4v) is 3.65. The zero-order valence-corrected chi connectivity index (χ0v) is 8.71. The summed E-state index contributed by atoms with van der Waals surface area (Å²) in [6.45, 7) is 3.69. The Kier molecular flexibility index (Phi) is 2.08. The van der Waals surface area contributed by atoms with Crippen LogP contribution in [0.15, 0.2) is 0 Å². The number of nitrogens with zero attached hydrogens (tertiary/aromatic N) is 1. The Morgan fingerprint density at radius 3 is 2.57 bits per heavy atom. The van der Waals surface area contributed by atoms with E-state index in [1.165, 1.54) is 38.8 Å². The van der Waals surface area contributed by atoms with Gasteiger partial charge in [-0.1, -0.05) is 0 Å². The lowest BCUT2D eigenvalue weighted by Crippen LogP contribution is -2.64. The van der Waals surface area contributed by atoms with E-state index in [4.69, 9.17) is 5.11 Å². The minimum absolute atomic E-state index is 0.277. The first-order valence-electron chi connectivity index (χ1n) is 5.96. The molecule has 0 radical (unpaired) electrons. The smallest absolute Gasteiger partial charge is 0.0556 e. The maximum atomic E-state index is 8.88. The SMILES string of the molecule is OCCNC1C2CCN(CC2)C12CC2. The maximum absolute atomic E-state index is 8.88. The van der Waals surface area contributed by atoms with E-state index in [0.717, 1.165) is 12.5 Å². The molecule has 2 bridgehead atoms. The van der Waals surface area contributed by atoms with Gasteiger partial charge in [0.2, 0.25) is 0 Å². The van der Waals surface area contributed by atoms with E-state index in [1.807, 2.05) is 0 Å². The molecular weight excluding hydrogens is 176 g/mol. The zero-order chi connectivity index (χ0) is 9.60. The van der Waals surface area contributed by atoms with Gasteiger partial charge in [-0.15, -0.1) is 0 Å². The quantitative estimate of drug-likeness (QED) is 0.676. The molecule has 4 aliphatic rings. The molecule has 1 spiro atoms. The highest BCUT2D eigenvalue weighted by atomic mass is 16.3. The number of piperidine rings is 3. The number of aliphatic hydroxyl groups excluding tert-OH is 1. The molecule has 3 heterocycles. The third-order valence-electron chi connectivity index (χ3n) is 4.46. The number of hydrogen-bond donors (Lipinski definition) is 2. The van der Waals surface area contributed by atoms with Crippen molar-refractivity contribution in [3.63, 3.8) is 0 Å². The van der Waals surface area contributed by atoms with Gasteiger partial charge in [0.05, 0.1) is 6.61 Å². The van der Waals surface area contributed by atoms with Crippen LogP contribution in [-0.2, 0) is 0 Å². The lowest BCUT2D eigenvalue weighted by Gasteiger charge is -2.52. The third-order valence-corrected chi connectivity index (χ3v) is 4.46. The first-order chi connectivity index (χ1) is 6.87. The molecule has 3 saturated heterocycles. The normalized spacial score (nSPS) is 43.1. The Labute approximate surface area is 85.5 Å². The van der Waals surface area contributed by atoms with Crippen molar-refractivity contribution in [3.8, 4) is 0 Å². The highest BCUT2D eigenvalue weighted by Crippen LogP contribution is 2.53. The van der Waals surface area contributed by atoms with Gasteiger partial charge in [-0.3, -0.25) is 4.90 Å². The molecule has 4 fully saturated rings. The summed E-state index contributed by atoms with van der Waals surface area (Å²) in [7, 11) is 0. The third kappa shape index (κ3) is 1.16. The van der Waals surface area contributed by atoms with Gasteiger partial charge in [0.25, 0.3) is 0 Å². The molecule has 3 nitrogen and oxygen atoms in total. The summed E-state index contributed by atoms with van der Waals surface area (Å²) >= 11 is 0. The summed E-state index contributed by atoms with van der Waals surface area (Å²) in [5.41, 5.74) is 0.524. The molecule has 4 rings (SSSR count). The first-order valence-corrected chi connectivity index (χ1v) is 5.96. The lowest BCUT2D eigenvalue weighted by molar-refractivity contribution is -0.00389. The second-order valence-corrected chi connectivity index (χ2v) is 5.08. The molecule has 3 aliphatic heterocycles. The van der Waals surface area contributed by atoms with Crippen LogP contribution in [0.3, 0.4) is 0 Å². The molecule has 0 aromatic heterocycles. The van der Waals surface area contributed by atoms with E-state index in [0.29, 0.717) is 11.6 Å². The van der Waals surface area contributed by atoms with Crippen molar-refractivity contribution < 1.29 is 5.11 Å². The summed E-state index contributed by atoms with van der Waals surface area (Å²) in [5, 5.41) is 12.4. The van der Waals surface area contributed by atoms with E-state index in [-0.39, 0.29) is 6.61 Å². The van der Waals surface area contributed by atoms with Gasteiger partial charge >= 0.3 is 0 Å². The molecular formula is C11H20N2O. The number of rotatable bonds is 3. The zero-order valence-electron chi connectivity index (χ0n) is 8.71. The van der Waals surface area contributed by atoms with Gasteiger partial charge in [0, 0.05) is 18.1 Å². The second-order valence-electron chi connectivity index (χ2n) is 5.08. The maximum Gasteiger partial charge on any atom is 0.0556 e. The van der Waals surface area contributed by atoms with Gasteiger partial charge in [0.15, 0.2) is 0 Å². The van der Waals surface area contributed by atoms with E-state index < -0.39 is 0 Å². The molecule has 3 heteroatoms. The van der Waals surface area contributed by atoms with Crippen molar-refractivity contribution in [2.24, 2.45) is 5.92 Å². The van der Waals surface area contributed by atoms with Crippen LogP contribution in [0.1, 0.15) is 25.7 Å². The molecule has 1 saturated carbocycles. The monoisotopic (exact) mass is 196 g/mol. The molecule has 2 N–H and O–H groups in total. The Morgan fingerprint density at radius 2 is 2.00 bits per heavy atom. The first kappa shape index (κ1) is 9.13. The van der Waals surface area contributed by atoms with Crippen LogP contribution in [0.25, 0.3) is 0 Å². The van der Waals surface area contributed by atoms with Crippen LogP contribution in [0, 0.1) is 5.92 Å². The highest BCUT2D eigenvalue weighted by molar-refractivity contribution is 5.18. The average Bonchev–Trinajstić information content (AvgIpc) is 3.00. The van der Waals surface area contributed by atoms with E-state index in [2.05, 4.69) is 10.2 Å². The Balaban J connectivity index is 1.74. The average molecular weight is 196 g/mol. The summed E-state index contributed by atoms with van der Waals surface area (Å²) in [6.07, 6.45) is 5.49. The van der Waals surface area contributed by atoms with Crippen LogP contribution < -0.4 is 5.32 Å². The lowest BCUT2D eigenvalue weighted by atomic mass is 9.77. The molecule has 1 unspecified atom stereocenters. The Bertz CT molecular complexity index is 219. The van der Waals surface area contributed by atoms with Crippen LogP contribution >= 0.6 is 0 Å². The number of fused-ring (bicyclic) bond motifs is 2. The van der Waals surface area contributed by atoms with Crippen LogP contribution in [-0.4, -0.2) is 47.8 Å². The predicted molar refractivity (Wildman–Crippen MR) is 55.1 cm³/mol. The van der Waals surface area contributed by atoms with Crippen molar-refractivity contribution in [2.45, 2.75) is 37.3 Å². The van der Waals surface area contributed by atoms with Crippen LogP contribution in [0.4, 0.5) is 0 Å². The van der Waals surface area contributed by atoms with Gasteiger partial charge in [-0.2, -0.15) is 0 Å². The summed E-state index contributed by atoms with van der Waals surface area (Å²) < 4.78 is 0. The number of nitrogens with one attached hydrogen (secondary N) is 1. The van der Waals surface area contributed by atoms with Crippen LogP contribution in [0.5, 0.6) is 0 Å². The van der Waals surface area contributed by atoms with Crippen molar-refractivity contribution in [1.29, 1.82) is 0 Å². The summed E-state index contributed by atoms with van der Waals surface area (Å²) in [4.78, 5) is 2.70. The molecule has 14 heavy (non-hydrogen) atoms.